The first-order valence-electron chi connectivity index (χ1n) is 8.40. The number of aromatic nitrogens is 1. The summed E-state index contributed by atoms with van der Waals surface area (Å²) in [6, 6.07) is 9.52. The Morgan fingerprint density at radius 3 is 2.44 bits per heavy atom. The predicted molar refractivity (Wildman–Crippen MR) is 94.5 cm³/mol. The van der Waals surface area contributed by atoms with Gasteiger partial charge in [0.1, 0.15) is 5.69 Å². The second kappa shape index (κ2) is 7.53. The van der Waals surface area contributed by atoms with Crippen LogP contribution in [-0.2, 0) is 11.3 Å². The van der Waals surface area contributed by atoms with E-state index >= 15 is 0 Å². The number of benzene rings is 1. The van der Waals surface area contributed by atoms with E-state index in [4.69, 9.17) is 4.74 Å². The number of ether oxygens (including phenoxy) is 1. The van der Waals surface area contributed by atoms with E-state index < -0.39 is 0 Å². The molecule has 0 unspecified atom stereocenters. The molecule has 132 valence electrons. The number of methoxy groups -OCH3 is 1. The van der Waals surface area contributed by atoms with Crippen LogP contribution >= 0.6 is 0 Å². The lowest BCUT2D eigenvalue weighted by atomic mass is 10.1. The summed E-state index contributed by atoms with van der Waals surface area (Å²) >= 11 is 0. The molecule has 2 aromatic rings. The van der Waals surface area contributed by atoms with Gasteiger partial charge in [0, 0.05) is 44.5 Å². The van der Waals surface area contributed by atoms with Crippen molar-refractivity contribution in [2.45, 2.75) is 13.5 Å². The van der Waals surface area contributed by atoms with E-state index in [0.717, 1.165) is 36.3 Å². The lowest BCUT2D eigenvalue weighted by Crippen LogP contribution is -2.48. The molecular weight excluding hydrogens is 318 g/mol. The Labute approximate surface area is 147 Å². The quantitative estimate of drug-likeness (QED) is 0.865. The van der Waals surface area contributed by atoms with Crippen LogP contribution in [0.5, 0.6) is 0 Å². The van der Waals surface area contributed by atoms with Crippen molar-refractivity contribution in [1.82, 2.24) is 14.8 Å². The van der Waals surface area contributed by atoms with Crippen molar-refractivity contribution >= 4 is 11.9 Å². The SMILES string of the molecule is COC(=O)c1cc(CN2CCN(C(=O)c3ccc(C)cc3)CC2)c[nH]1. The fourth-order valence-corrected chi connectivity index (χ4v) is 3.00. The van der Waals surface area contributed by atoms with Crippen LogP contribution in [0.4, 0.5) is 0 Å². The van der Waals surface area contributed by atoms with E-state index in [2.05, 4.69) is 9.88 Å². The molecule has 1 amide bonds. The Hall–Kier alpha value is -2.60. The van der Waals surface area contributed by atoms with Gasteiger partial charge in [-0.2, -0.15) is 0 Å². The number of carbonyl (C=O) groups is 2. The van der Waals surface area contributed by atoms with Crippen LogP contribution in [0, 0.1) is 6.92 Å². The molecule has 1 N–H and O–H groups in total. The fraction of sp³-hybridized carbons (Fsp3) is 0.368. The van der Waals surface area contributed by atoms with E-state index in [9.17, 15) is 9.59 Å². The van der Waals surface area contributed by atoms with Crippen LogP contribution in [0.25, 0.3) is 0 Å². The van der Waals surface area contributed by atoms with E-state index in [1.54, 1.807) is 0 Å². The largest absolute Gasteiger partial charge is 0.464 e. The summed E-state index contributed by atoms with van der Waals surface area (Å²) < 4.78 is 4.70. The summed E-state index contributed by atoms with van der Waals surface area (Å²) in [7, 11) is 1.37. The number of H-pyrrole nitrogens is 1. The number of nitrogens with zero attached hydrogens (tertiary/aromatic N) is 2. The van der Waals surface area contributed by atoms with Crippen LogP contribution in [0.2, 0.25) is 0 Å². The van der Waals surface area contributed by atoms with Crippen LogP contribution in [-0.4, -0.2) is 59.9 Å². The summed E-state index contributed by atoms with van der Waals surface area (Å²) in [4.78, 5) is 31.1. The molecule has 6 nitrogen and oxygen atoms in total. The number of aryl methyl sites for hydroxylation is 1. The van der Waals surface area contributed by atoms with Crippen LogP contribution in [0.3, 0.4) is 0 Å². The molecule has 0 atom stereocenters. The number of hydrogen-bond acceptors (Lipinski definition) is 4. The first-order chi connectivity index (χ1) is 12.1. The van der Waals surface area contributed by atoms with Gasteiger partial charge in [-0.05, 0) is 30.7 Å². The number of amides is 1. The van der Waals surface area contributed by atoms with Crippen LogP contribution < -0.4 is 0 Å². The monoisotopic (exact) mass is 341 g/mol. The molecule has 25 heavy (non-hydrogen) atoms. The molecule has 1 aliphatic heterocycles. The highest BCUT2D eigenvalue weighted by atomic mass is 16.5. The van der Waals surface area contributed by atoms with Gasteiger partial charge in [-0.3, -0.25) is 9.69 Å². The van der Waals surface area contributed by atoms with Gasteiger partial charge in [-0.25, -0.2) is 4.79 Å². The van der Waals surface area contributed by atoms with Crippen molar-refractivity contribution in [2.75, 3.05) is 33.3 Å². The molecular formula is C19H23N3O3. The van der Waals surface area contributed by atoms with Crippen LogP contribution in [0.1, 0.15) is 32.0 Å². The Morgan fingerprint density at radius 2 is 1.80 bits per heavy atom. The molecule has 3 rings (SSSR count). The first-order valence-corrected chi connectivity index (χ1v) is 8.40. The zero-order chi connectivity index (χ0) is 17.8. The third-order valence-corrected chi connectivity index (χ3v) is 4.51. The molecule has 1 saturated heterocycles. The first kappa shape index (κ1) is 17.2. The lowest BCUT2D eigenvalue weighted by Gasteiger charge is -2.34. The number of carbonyl (C=O) groups excluding carboxylic acids is 2. The van der Waals surface area contributed by atoms with Crippen molar-refractivity contribution in [1.29, 1.82) is 0 Å². The number of hydrogen-bond donors (Lipinski definition) is 1. The number of nitrogens with one attached hydrogen (secondary N) is 1. The Kier molecular flexibility index (Phi) is 5.19. The van der Waals surface area contributed by atoms with Gasteiger partial charge in [0.25, 0.3) is 5.91 Å². The molecule has 1 aromatic carbocycles. The second-order valence-electron chi connectivity index (χ2n) is 6.35. The van der Waals surface area contributed by atoms with E-state index in [-0.39, 0.29) is 11.9 Å². The molecule has 1 aromatic heterocycles. The second-order valence-corrected chi connectivity index (χ2v) is 6.35. The van der Waals surface area contributed by atoms with E-state index in [0.29, 0.717) is 18.8 Å². The highest BCUT2D eigenvalue weighted by Gasteiger charge is 2.22. The van der Waals surface area contributed by atoms with Crippen molar-refractivity contribution in [3.05, 3.63) is 58.9 Å². The van der Waals surface area contributed by atoms with Gasteiger partial charge in [0.15, 0.2) is 0 Å². The normalized spacial score (nSPS) is 15.2. The molecule has 0 spiro atoms. The molecule has 2 heterocycles. The van der Waals surface area contributed by atoms with Gasteiger partial charge >= 0.3 is 5.97 Å². The zero-order valence-corrected chi connectivity index (χ0v) is 14.6. The van der Waals surface area contributed by atoms with E-state index in [1.807, 2.05) is 48.4 Å². The Morgan fingerprint density at radius 1 is 1.12 bits per heavy atom. The Balaban J connectivity index is 1.53. The topological polar surface area (TPSA) is 65.6 Å². The maximum Gasteiger partial charge on any atom is 0.354 e. The summed E-state index contributed by atoms with van der Waals surface area (Å²) in [6.07, 6.45) is 1.83. The minimum absolute atomic E-state index is 0.0919. The minimum atomic E-state index is -0.361. The van der Waals surface area contributed by atoms with Gasteiger partial charge in [0.2, 0.25) is 0 Å². The molecule has 6 heteroatoms. The standard InChI is InChI=1S/C19H23N3O3/c1-14-3-5-16(6-4-14)18(23)22-9-7-21(8-10-22)13-15-11-17(20-12-15)19(24)25-2/h3-6,11-12,20H,7-10,13H2,1-2H3. The van der Waals surface area contributed by atoms with Crippen molar-refractivity contribution in [3.63, 3.8) is 0 Å². The third kappa shape index (κ3) is 4.09. The van der Waals surface area contributed by atoms with Crippen molar-refractivity contribution in [2.24, 2.45) is 0 Å². The van der Waals surface area contributed by atoms with Gasteiger partial charge in [-0.1, -0.05) is 17.7 Å². The predicted octanol–water partition coefficient (Wildman–Crippen LogP) is 2.07. The molecule has 1 aliphatic rings. The number of esters is 1. The van der Waals surface area contributed by atoms with Gasteiger partial charge < -0.3 is 14.6 Å². The maximum absolute atomic E-state index is 12.5. The molecule has 0 bridgehead atoms. The smallest absolute Gasteiger partial charge is 0.354 e. The highest BCUT2D eigenvalue weighted by molar-refractivity contribution is 5.94. The number of piperazine rings is 1. The average Bonchev–Trinajstić information content (AvgIpc) is 3.10. The summed E-state index contributed by atoms with van der Waals surface area (Å²) in [6.45, 7) is 5.81. The minimum Gasteiger partial charge on any atom is -0.464 e. The van der Waals surface area contributed by atoms with Crippen molar-refractivity contribution < 1.29 is 14.3 Å². The Bertz CT molecular complexity index is 744. The van der Waals surface area contributed by atoms with Crippen LogP contribution in [0.15, 0.2) is 36.5 Å². The van der Waals surface area contributed by atoms with Gasteiger partial charge in [0.05, 0.1) is 7.11 Å². The molecule has 1 fully saturated rings. The highest BCUT2D eigenvalue weighted by Crippen LogP contribution is 2.13. The number of rotatable bonds is 4. The summed E-state index contributed by atoms with van der Waals surface area (Å²) in [5.41, 5.74) is 3.40. The zero-order valence-electron chi connectivity index (χ0n) is 14.6. The maximum atomic E-state index is 12.5. The molecule has 0 radical (unpaired) electrons. The summed E-state index contributed by atoms with van der Waals surface area (Å²) in [5.74, 6) is -0.269. The average molecular weight is 341 g/mol. The third-order valence-electron chi connectivity index (χ3n) is 4.51. The van der Waals surface area contributed by atoms with E-state index in [1.165, 1.54) is 7.11 Å². The fourth-order valence-electron chi connectivity index (χ4n) is 3.00. The summed E-state index contributed by atoms with van der Waals surface area (Å²) in [5, 5.41) is 0. The van der Waals surface area contributed by atoms with Crippen molar-refractivity contribution in [3.8, 4) is 0 Å². The number of aromatic amines is 1. The molecule has 0 aliphatic carbocycles. The lowest BCUT2D eigenvalue weighted by molar-refractivity contribution is 0.0592. The van der Waals surface area contributed by atoms with Gasteiger partial charge in [-0.15, -0.1) is 0 Å². The molecule has 0 saturated carbocycles.